The van der Waals surface area contributed by atoms with E-state index < -0.39 is 0 Å². The van der Waals surface area contributed by atoms with Crippen LogP contribution in [0, 0.1) is 5.92 Å². The Labute approximate surface area is 129 Å². The molecule has 1 aliphatic rings. The molecular weight excluding hydrogens is 312 g/mol. The van der Waals surface area contributed by atoms with E-state index in [1.54, 1.807) is 0 Å². The van der Waals surface area contributed by atoms with Crippen LogP contribution in [0.2, 0.25) is 0 Å². The second-order valence-electron chi connectivity index (χ2n) is 5.58. The summed E-state index contributed by atoms with van der Waals surface area (Å²) < 4.78 is 6.04. The average Bonchev–Trinajstić information content (AvgIpc) is 2.89. The Morgan fingerprint density at radius 1 is 1.10 bits per heavy atom. The quantitative estimate of drug-likeness (QED) is 0.704. The van der Waals surface area contributed by atoms with Crippen LogP contribution < -0.4 is 4.74 Å². The summed E-state index contributed by atoms with van der Waals surface area (Å²) in [5.74, 6) is 1.60. The Bertz CT molecular complexity index is 542. The molecule has 0 fully saturated rings. The number of rotatable bonds is 4. The number of benzene rings is 2. The molecule has 0 aliphatic carbocycles. The summed E-state index contributed by atoms with van der Waals surface area (Å²) >= 11 is 3.84. The summed E-state index contributed by atoms with van der Waals surface area (Å²) in [6.45, 7) is 2.29. The molecule has 104 valence electrons. The molecule has 0 spiro atoms. The molecule has 2 aromatic rings. The fourth-order valence-electron chi connectivity index (χ4n) is 2.88. The predicted octanol–water partition coefficient (Wildman–Crippen LogP) is 5.15. The van der Waals surface area contributed by atoms with E-state index in [1.807, 2.05) is 6.07 Å². The molecule has 2 aromatic carbocycles. The lowest BCUT2D eigenvalue weighted by Crippen LogP contribution is -2.19. The Kier molecular flexibility index (Phi) is 4.11. The Morgan fingerprint density at radius 3 is 2.55 bits per heavy atom. The molecule has 1 nitrogen and oxygen atoms in total. The number of ether oxygens (including phenoxy) is 1. The van der Waals surface area contributed by atoms with Crippen LogP contribution in [0.15, 0.2) is 54.6 Å². The zero-order chi connectivity index (χ0) is 13.9. The molecule has 0 amide bonds. The highest BCUT2D eigenvalue weighted by Crippen LogP contribution is 2.37. The molecule has 1 heterocycles. The molecule has 0 N–H and O–H groups in total. The third-order valence-corrected chi connectivity index (χ3v) is 5.40. The van der Waals surface area contributed by atoms with Crippen LogP contribution in [0.1, 0.15) is 29.3 Å². The van der Waals surface area contributed by atoms with Gasteiger partial charge in [0.1, 0.15) is 11.9 Å². The maximum atomic E-state index is 6.04. The van der Waals surface area contributed by atoms with Crippen LogP contribution in [-0.4, -0.2) is 6.10 Å². The summed E-state index contributed by atoms with van der Waals surface area (Å²) in [5.41, 5.74) is 2.69. The van der Waals surface area contributed by atoms with E-state index >= 15 is 0 Å². The molecule has 1 aliphatic heterocycles. The first-order valence-electron chi connectivity index (χ1n) is 7.17. The standard InChI is InChI=1S/C18H19BrO/c1-13(18(19)14-7-3-2-4-8-14)11-16-12-15-9-5-6-10-17(15)20-16/h2-10,13,16,18H,11-12H2,1H3. The Hall–Kier alpha value is -1.28. The molecule has 2 heteroatoms. The van der Waals surface area contributed by atoms with Crippen LogP contribution >= 0.6 is 15.9 Å². The van der Waals surface area contributed by atoms with Gasteiger partial charge in [0, 0.05) is 11.2 Å². The van der Waals surface area contributed by atoms with Crippen molar-refractivity contribution < 1.29 is 4.74 Å². The largest absolute Gasteiger partial charge is 0.490 e. The van der Waals surface area contributed by atoms with E-state index in [9.17, 15) is 0 Å². The summed E-state index contributed by atoms with van der Waals surface area (Å²) in [5, 5.41) is 0. The number of para-hydroxylation sites is 1. The summed E-state index contributed by atoms with van der Waals surface area (Å²) in [6.07, 6.45) is 2.42. The van der Waals surface area contributed by atoms with Gasteiger partial charge in [0.05, 0.1) is 0 Å². The Morgan fingerprint density at radius 2 is 1.80 bits per heavy atom. The number of hydrogen-bond acceptors (Lipinski definition) is 1. The monoisotopic (exact) mass is 330 g/mol. The van der Waals surface area contributed by atoms with Gasteiger partial charge in [-0.2, -0.15) is 0 Å². The topological polar surface area (TPSA) is 9.23 Å². The van der Waals surface area contributed by atoms with Crippen LogP contribution in [0.4, 0.5) is 0 Å². The van der Waals surface area contributed by atoms with E-state index in [2.05, 4.69) is 71.4 Å². The molecule has 0 saturated carbocycles. The number of halogens is 1. The van der Waals surface area contributed by atoms with E-state index in [-0.39, 0.29) is 0 Å². The first-order chi connectivity index (χ1) is 9.74. The average molecular weight is 331 g/mol. The molecule has 0 radical (unpaired) electrons. The van der Waals surface area contributed by atoms with Crippen LogP contribution in [0.25, 0.3) is 0 Å². The van der Waals surface area contributed by atoms with Gasteiger partial charge in [-0.25, -0.2) is 0 Å². The van der Waals surface area contributed by atoms with E-state index in [4.69, 9.17) is 4.74 Å². The van der Waals surface area contributed by atoms with Gasteiger partial charge < -0.3 is 4.74 Å². The van der Waals surface area contributed by atoms with E-state index in [0.717, 1.165) is 18.6 Å². The molecule has 0 aromatic heterocycles. The summed E-state index contributed by atoms with van der Waals surface area (Å²) in [7, 11) is 0. The minimum absolute atomic E-state index is 0.311. The molecule has 20 heavy (non-hydrogen) atoms. The maximum absolute atomic E-state index is 6.04. The van der Waals surface area contributed by atoms with Crippen LogP contribution in [0.3, 0.4) is 0 Å². The van der Waals surface area contributed by atoms with Gasteiger partial charge in [-0.05, 0) is 29.5 Å². The zero-order valence-electron chi connectivity index (χ0n) is 11.6. The Balaban J connectivity index is 1.62. The van der Waals surface area contributed by atoms with Gasteiger partial charge in [-0.15, -0.1) is 0 Å². The minimum Gasteiger partial charge on any atom is -0.490 e. The van der Waals surface area contributed by atoms with Crippen molar-refractivity contribution in [2.75, 3.05) is 0 Å². The lowest BCUT2D eigenvalue weighted by Gasteiger charge is -2.22. The van der Waals surface area contributed by atoms with Crippen molar-refractivity contribution in [2.24, 2.45) is 5.92 Å². The van der Waals surface area contributed by atoms with Crippen molar-refractivity contribution in [1.82, 2.24) is 0 Å². The number of fused-ring (bicyclic) bond motifs is 1. The molecule has 0 saturated heterocycles. The fraction of sp³-hybridized carbons (Fsp3) is 0.333. The van der Waals surface area contributed by atoms with E-state index in [1.165, 1.54) is 11.1 Å². The van der Waals surface area contributed by atoms with Gasteiger partial charge in [-0.1, -0.05) is 71.4 Å². The number of alkyl halides is 1. The van der Waals surface area contributed by atoms with Crippen molar-refractivity contribution in [3.63, 3.8) is 0 Å². The summed E-state index contributed by atoms with van der Waals surface area (Å²) in [6, 6.07) is 19.0. The molecule has 3 rings (SSSR count). The molecular formula is C18H19BrO. The van der Waals surface area contributed by atoms with E-state index in [0.29, 0.717) is 16.8 Å². The molecule has 3 unspecified atom stereocenters. The van der Waals surface area contributed by atoms with Crippen molar-refractivity contribution >= 4 is 15.9 Å². The van der Waals surface area contributed by atoms with Crippen LogP contribution in [-0.2, 0) is 6.42 Å². The van der Waals surface area contributed by atoms with Crippen molar-refractivity contribution in [2.45, 2.75) is 30.7 Å². The van der Waals surface area contributed by atoms with Crippen molar-refractivity contribution in [1.29, 1.82) is 0 Å². The van der Waals surface area contributed by atoms with Crippen molar-refractivity contribution in [3.05, 3.63) is 65.7 Å². The van der Waals surface area contributed by atoms with Crippen LogP contribution in [0.5, 0.6) is 5.75 Å². The SMILES string of the molecule is CC(CC1Cc2ccccc2O1)C(Br)c1ccccc1. The third-order valence-electron chi connectivity index (χ3n) is 3.97. The normalized spacial score (nSPS) is 20.0. The van der Waals surface area contributed by atoms with Gasteiger partial charge >= 0.3 is 0 Å². The van der Waals surface area contributed by atoms with Gasteiger partial charge in [0.15, 0.2) is 0 Å². The second kappa shape index (κ2) is 6.01. The van der Waals surface area contributed by atoms with Gasteiger partial charge in [0.25, 0.3) is 0 Å². The highest BCUT2D eigenvalue weighted by molar-refractivity contribution is 9.09. The first-order valence-corrected chi connectivity index (χ1v) is 8.09. The molecule has 3 atom stereocenters. The second-order valence-corrected chi connectivity index (χ2v) is 6.56. The molecule has 0 bridgehead atoms. The van der Waals surface area contributed by atoms with Gasteiger partial charge in [-0.3, -0.25) is 0 Å². The lowest BCUT2D eigenvalue weighted by atomic mass is 9.94. The fourth-order valence-corrected chi connectivity index (χ4v) is 3.41. The highest BCUT2D eigenvalue weighted by atomic mass is 79.9. The third kappa shape index (κ3) is 2.90. The predicted molar refractivity (Wildman–Crippen MR) is 86.5 cm³/mol. The smallest absolute Gasteiger partial charge is 0.123 e. The highest BCUT2D eigenvalue weighted by Gasteiger charge is 2.26. The summed E-state index contributed by atoms with van der Waals surface area (Å²) in [4.78, 5) is 0.385. The number of hydrogen-bond donors (Lipinski definition) is 0. The first kappa shape index (κ1) is 13.7. The minimum atomic E-state index is 0.311. The van der Waals surface area contributed by atoms with Crippen molar-refractivity contribution in [3.8, 4) is 5.75 Å². The zero-order valence-corrected chi connectivity index (χ0v) is 13.2. The van der Waals surface area contributed by atoms with Gasteiger partial charge in [0.2, 0.25) is 0 Å². The maximum Gasteiger partial charge on any atom is 0.123 e. The lowest BCUT2D eigenvalue weighted by molar-refractivity contribution is 0.197.